The average molecular weight is 390 g/mol. The van der Waals surface area contributed by atoms with Crippen LogP contribution in [0.1, 0.15) is 30.6 Å². The molecule has 7 nitrogen and oxygen atoms in total. The van der Waals surface area contributed by atoms with Crippen molar-refractivity contribution in [1.82, 2.24) is 15.0 Å². The predicted octanol–water partition coefficient (Wildman–Crippen LogP) is 3.71. The molecule has 1 aliphatic rings. The summed E-state index contributed by atoms with van der Waals surface area (Å²) in [5, 5.41) is 13.0. The van der Waals surface area contributed by atoms with Crippen molar-refractivity contribution in [2.24, 2.45) is 11.8 Å². The lowest BCUT2D eigenvalue weighted by Crippen LogP contribution is -2.15. The van der Waals surface area contributed by atoms with Crippen LogP contribution in [-0.4, -0.2) is 20.9 Å². The van der Waals surface area contributed by atoms with Gasteiger partial charge in [-0.3, -0.25) is 9.78 Å². The normalized spacial score (nSPS) is 18.8. The molecule has 3 aromatic rings. The molecule has 0 radical (unpaired) electrons. The molecular formula is C21H19FN6O. The van der Waals surface area contributed by atoms with Crippen LogP contribution in [-0.2, 0) is 4.79 Å². The van der Waals surface area contributed by atoms with Crippen LogP contribution >= 0.6 is 0 Å². The number of carbonyl (C=O) groups is 1. The van der Waals surface area contributed by atoms with Gasteiger partial charge in [0.05, 0.1) is 23.6 Å². The van der Waals surface area contributed by atoms with Crippen LogP contribution in [0.4, 0.5) is 16.0 Å². The van der Waals surface area contributed by atoms with Crippen LogP contribution in [0.5, 0.6) is 0 Å². The molecule has 0 aromatic carbocycles. The number of nitrogens with one attached hydrogen (secondary N) is 1. The Balaban J connectivity index is 1.72. The van der Waals surface area contributed by atoms with Crippen LogP contribution in [0, 0.1) is 30.1 Å². The monoisotopic (exact) mass is 390 g/mol. The van der Waals surface area contributed by atoms with Gasteiger partial charge >= 0.3 is 0 Å². The highest BCUT2D eigenvalue weighted by Gasteiger charge is 2.43. The number of fused-ring (bicyclic) bond motifs is 1. The molecule has 3 heterocycles. The summed E-state index contributed by atoms with van der Waals surface area (Å²) in [5.74, 6) is -0.0519. The number of hydrogen-bond acceptors (Lipinski definition) is 6. The van der Waals surface area contributed by atoms with Gasteiger partial charge in [0.15, 0.2) is 0 Å². The number of amides is 1. The summed E-state index contributed by atoms with van der Waals surface area (Å²) in [4.78, 5) is 25.0. The van der Waals surface area contributed by atoms with Gasteiger partial charge < -0.3 is 11.1 Å². The van der Waals surface area contributed by atoms with Gasteiger partial charge in [0.2, 0.25) is 5.91 Å². The van der Waals surface area contributed by atoms with E-state index in [1.807, 2.05) is 13.0 Å². The number of pyridine rings is 3. The molecule has 1 aliphatic carbocycles. The molecule has 3 atom stereocenters. The summed E-state index contributed by atoms with van der Waals surface area (Å²) in [7, 11) is 0. The van der Waals surface area contributed by atoms with E-state index in [0.29, 0.717) is 34.4 Å². The fourth-order valence-corrected chi connectivity index (χ4v) is 3.43. The average Bonchev–Trinajstić information content (AvgIpc) is 3.47. The Morgan fingerprint density at radius 1 is 1.38 bits per heavy atom. The standard InChI is InChI=1S/C21H19FN6O/c1-10-15(11(2)22)7-25-8-16(10)18-4-12-5-19(26-9-17(12)20(24)27-18)28-21(29)14-3-13(14)6-23/h4-5,7-9,11,13-14H,3H2,1-2H3,(H2,24,27)(H,26,28,29)/t11?,13-,14+/m1/s1. The number of halogens is 1. The molecule has 3 N–H and O–H groups in total. The lowest BCUT2D eigenvalue weighted by Gasteiger charge is -2.13. The maximum Gasteiger partial charge on any atom is 0.230 e. The Morgan fingerprint density at radius 3 is 2.86 bits per heavy atom. The number of alkyl halides is 1. The van der Waals surface area contributed by atoms with E-state index >= 15 is 0 Å². The third kappa shape index (κ3) is 3.47. The van der Waals surface area contributed by atoms with E-state index in [1.54, 1.807) is 18.5 Å². The summed E-state index contributed by atoms with van der Waals surface area (Å²) in [6.45, 7) is 3.29. The number of nitrogens with zero attached hydrogens (tertiary/aromatic N) is 4. The van der Waals surface area contributed by atoms with E-state index in [2.05, 4.69) is 26.3 Å². The fourth-order valence-electron chi connectivity index (χ4n) is 3.43. The van der Waals surface area contributed by atoms with Crippen LogP contribution < -0.4 is 11.1 Å². The van der Waals surface area contributed by atoms with Crippen molar-refractivity contribution in [2.75, 3.05) is 11.1 Å². The fraction of sp³-hybridized carbons (Fsp3) is 0.286. The Labute approximate surface area is 166 Å². The van der Waals surface area contributed by atoms with Gasteiger partial charge in [-0.2, -0.15) is 5.26 Å². The number of rotatable bonds is 4. The highest BCUT2D eigenvalue weighted by atomic mass is 19.1. The van der Waals surface area contributed by atoms with Gasteiger partial charge in [-0.1, -0.05) is 0 Å². The Kier molecular flexibility index (Phi) is 4.59. The first kappa shape index (κ1) is 18.7. The molecule has 0 saturated heterocycles. The lowest BCUT2D eigenvalue weighted by atomic mass is 9.99. The molecule has 0 bridgehead atoms. The molecular weight excluding hydrogens is 371 g/mol. The van der Waals surface area contributed by atoms with Crippen LogP contribution in [0.15, 0.2) is 30.7 Å². The second-order valence-electron chi connectivity index (χ2n) is 7.27. The van der Waals surface area contributed by atoms with Gasteiger partial charge in [0.25, 0.3) is 0 Å². The zero-order chi connectivity index (χ0) is 20.7. The smallest absolute Gasteiger partial charge is 0.230 e. The molecule has 1 unspecified atom stereocenters. The van der Waals surface area contributed by atoms with Crippen molar-refractivity contribution in [3.63, 3.8) is 0 Å². The zero-order valence-electron chi connectivity index (χ0n) is 16.0. The highest BCUT2D eigenvalue weighted by Crippen LogP contribution is 2.38. The summed E-state index contributed by atoms with van der Waals surface area (Å²) in [5.41, 5.74) is 8.63. The van der Waals surface area contributed by atoms with Crippen molar-refractivity contribution in [3.8, 4) is 17.3 Å². The van der Waals surface area contributed by atoms with E-state index in [9.17, 15) is 9.18 Å². The lowest BCUT2D eigenvalue weighted by molar-refractivity contribution is -0.117. The number of hydrogen-bond donors (Lipinski definition) is 2. The molecule has 29 heavy (non-hydrogen) atoms. The van der Waals surface area contributed by atoms with Gasteiger partial charge in [-0.25, -0.2) is 14.4 Å². The summed E-state index contributed by atoms with van der Waals surface area (Å²) in [6.07, 6.45) is 4.13. The SMILES string of the molecule is Cc1c(-c2cc3cc(NC(=O)[C@H]4C[C@@H]4C#N)ncc3c(N)n2)cncc1C(C)F. The van der Waals surface area contributed by atoms with E-state index in [-0.39, 0.29) is 23.6 Å². The zero-order valence-corrected chi connectivity index (χ0v) is 16.0. The first-order valence-electron chi connectivity index (χ1n) is 9.24. The third-order valence-electron chi connectivity index (χ3n) is 5.25. The van der Waals surface area contributed by atoms with Crippen molar-refractivity contribution in [1.29, 1.82) is 5.26 Å². The quantitative estimate of drug-likeness (QED) is 0.701. The van der Waals surface area contributed by atoms with Crippen molar-refractivity contribution in [3.05, 3.63) is 41.9 Å². The first-order chi connectivity index (χ1) is 13.9. The Hall–Kier alpha value is -3.60. The highest BCUT2D eigenvalue weighted by molar-refractivity contribution is 5.98. The second-order valence-corrected chi connectivity index (χ2v) is 7.27. The molecule has 1 fully saturated rings. The molecule has 8 heteroatoms. The molecule has 1 amide bonds. The topological polar surface area (TPSA) is 118 Å². The van der Waals surface area contributed by atoms with Crippen molar-refractivity contribution >= 4 is 28.3 Å². The summed E-state index contributed by atoms with van der Waals surface area (Å²) in [6, 6.07) is 5.62. The van der Waals surface area contributed by atoms with Crippen molar-refractivity contribution in [2.45, 2.75) is 26.4 Å². The number of aromatic nitrogens is 3. The minimum Gasteiger partial charge on any atom is -0.383 e. The van der Waals surface area contributed by atoms with E-state index in [0.717, 1.165) is 10.9 Å². The molecule has 3 aromatic heterocycles. The minimum absolute atomic E-state index is 0.213. The van der Waals surface area contributed by atoms with Crippen LogP contribution in [0.3, 0.4) is 0 Å². The van der Waals surface area contributed by atoms with E-state index in [1.165, 1.54) is 13.1 Å². The maximum absolute atomic E-state index is 13.9. The minimum atomic E-state index is -1.15. The predicted molar refractivity (Wildman–Crippen MR) is 107 cm³/mol. The summed E-state index contributed by atoms with van der Waals surface area (Å²) >= 11 is 0. The van der Waals surface area contributed by atoms with Gasteiger partial charge in [0, 0.05) is 35.1 Å². The second kappa shape index (κ2) is 7.09. The van der Waals surface area contributed by atoms with Crippen molar-refractivity contribution < 1.29 is 9.18 Å². The van der Waals surface area contributed by atoms with Gasteiger partial charge in [-0.15, -0.1) is 0 Å². The largest absolute Gasteiger partial charge is 0.383 e. The summed E-state index contributed by atoms with van der Waals surface area (Å²) < 4.78 is 13.9. The Morgan fingerprint density at radius 2 is 2.17 bits per heavy atom. The number of nitriles is 1. The molecule has 0 spiro atoms. The van der Waals surface area contributed by atoms with Gasteiger partial charge in [-0.05, 0) is 43.4 Å². The molecule has 0 aliphatic heterocycles. The number of nitrogen functional groups attached to an aromatic ring is 1. The molecule has 4 rings (SSSR count). The van der Waals surface area contributed by atoms with Crippen LogP contribution in [0.2, 0.25) is 0 Å². The number of nitrogens with two attached hydrogens (primary N) is 1. The third-order valence-corrected chi connectivity index (χ3v) is 5.25. The van der Waals surface area contributed by atoms with E-state index in [4.69, 9.17) is 11.0 Å². The van der Waals surface area contributed by atoms with E-state index < -0.39 is 6.17 Å². The molecule has 1 saturated carbocycles. The Bertz CT molecular complexity index is 1170. The maximum atomic E-state index is 13.9. The number of carbonyl (C=O) groups excluding carboxylic acids is 1. The van der Waals surface area contributed by atoms with Gasteiger partial charge in [0.1, 0.15) is 17.8 Å². The van der Waals surface area contributed by atoms with Crippen LogP contribution in [0.25, 0.3) is 22.0 Å². The number of anilines is 2. The first-order valence-corrected chi connectivity index (χ1v) is 9.24. The molecule has 146 valence electrons.